The largest absolute Gasteiger partial charge is 0.496 e. The van der Waals surface area contributed by atoms with Gasteiger partial charge in [-0.15, -0.1) is 0 Å². The number of aromatic nitrogens is 2. The summed E-state index contributed by atoms with van der Waals surface area (Å²) in [5.74, 6) is 2.44. The number of benzene rings is 1. The minimum Gasteiger partial charge on any atom is -0.496 e. The number of anilines is 1. The lowest BCUT2D eigenvalue weighted by Crippen LogP contribution is -2.35. The number of fused-ring (bicyclic) bond motifs is 1. The molecule has 9 nitrogen and oxygen atoms in total. The predicted molar refractivity (Wildman–Crippen MR) is 119 cm³/mol. The van der Waals surface area contributed by atoms with Crippen molar-refractivity contribution >= 4 is 17.6 Å². The van der Waals surface area contributed by atoms with Gasteiger partial charge in [-0.3, -0.25) is 9.59 Å². The summed E-state index contributed by atoms with van der Waals surface area (Å²) in [5, 5.41) is 3.18. The molecule has 0 saturated carbocycles. The van der Waals surface area contributed by atoms with Crippen molar-refractivity contribution in [2.75, 3.05) is 46.2 Å². The first-order chi connectivity index (χ1) is 15.5. The number of amides is 2. The highest BCUT2D eigenvalue weighted by Gasteiger charge is 2.34. The molecule has 2 aromatic rings. The maximum absolute atomic E-state index is 13.3. The summed E-state index contributed by atoms with van der Waals surface area (Å²) in [4.78, 5) is 38.4. The molecule has 170 valence electrons. The summed E-state index contributed by atoms with van der Waals surface area (Å²) in [5.41, 5.74) is 2.38. The zero-order chi connectivity index (χ0) is 22.8. The monoisotopic (exact) mass is 439 g/mol. The highest BCUT2D eigenvalue weighted by molar-refractivity contribution is 6.00. The zero-order valence-corrected chi connectivity index (χ0v) is 19.0. The SMILES string of the molecule is CNc1nc([C@@H]2CCN(C(=O)c3c(OC)cccc3OC)C2)nc2c1CCN(C(C)=O)C2. The normalized spacial score (nSPS) is 17.7. The van der Waals surface area contributed by atoms with Crippen LogP contribution >= 0.6 is 0 Å². The Morgan fingerprint density at radius 3 is 2.44 bits per heavy atom. The standard InChI is InChI=1S/C23H29N5O4/c1-14(29)27-11-9-16-17(13-27)25-21(26-22(16)24-2)15-8-10-28(12-15)23(30)20-18(31-3)6-5-7-19(20)32-4/h5-7,15H,8-13H2,1-4H3,(H,24,25,26)/t15-/m1/s1. The van der Waals surface area contributed by atoms with Gasteiger partial charge in [0.1, 0.15) is 28.7 Å². The molecule has 9 heteroatoms. The molecule has 0 spiro atoms. The minimum atomic E-state index is -0.128. The number of likely N-dealkylation sites (tertiary alicyclic amines) is 1. The number of ether oxygens (including phenoxy) is 2. The van der Waals surface area contributed by atoms with Crippen molar-refractivity contribution in [3.05, 3.63) is 40.8 Å². The molecule has 2 aliphatic heterocycles. The van der Waals surface area contributed by atoms with Gasteiger partial charge in [0.25, 0.3) is 5.91 Å². The molecule has 2 aliphatic rings. The summed E-state index contributed by atoms with van der Waals surface area (Å²) >= 11 is 0. The molecule has 0 aliphatic carbocycles. The van der Waals surface area contributed by atoms with Crippen molar-refractivity contribution in [3.63, 3.8) is 0 Å². The topological polar surface area (TPSA) is 96.9 Å². The van der Waals surface area contributed by atoms with Crippen LogP contribution in [0.5, 0.6) is 11.5 Å². The third-order valence-electron chi connectivity index (χ3n) is 6.25. The van der Waals surface area contributed by atoms with Crippen molar-refractivity contribution in [1.29, 1.82) is 0 Å². The Hall–Kier alpha value is -3.36. The molecule has 0 unspecified atom stereocenters. The molecular formula is C23H29N5O4. The number of carbonyl (C=O) groups is 2. The molecule has 4 rings (SSSR count). The van der Waals surface area contributed by atoms with Crippen LogP contribution in [0.1, 0.15) is 46.7 Å². The molecule has 32 heavy (non-hydrogen) atoms. The predicted octanol–water partition coefficient (Wildman–Crippen LogP) is 2.07. The van der Waals surface area contributed by atoms with Crippen LogP contribution in [0.15, 0.2) is 18.2 Å². The average Bonchev–Trinajstić information content (AvgIpc) is 3.32. The first kappa shape index (κ1) is 21.9. The number of hydrogen-bond donors (Lipinski definition) is 1. The lowest BCUT2D eigenvalue weighted by Gasteiger charge is -2.29. The van der Waals surface area contributed by atoms with Crippen molar-refractivity contribution in [1.82, 2.24) is 19.8 Å². The van der Waals surface area contributed by atoms with Gasteiger partial charge in [0, 0.05) is 45.1 Å². The fourth-order valence-corrected chi connectivity index (χ4v) is 4.48. The van der Waals surface area contributed by atoms with Gasteiger partial charge in [-0.1, -0.05) is 6.07 Å². The van der Waals surface area contributed by atoms with Crippen molar-refractivity contribution in [3.8, 4) is 11.5 Å². The number of rotatable bonds is 5. The van der Waals surface area contributed by atoms with E-state index < -0.39 is 0 Å². The molecule has 1 saturated heterocycles. The Morgan fingerprint density at radius 1 is 1.09 bits per heavy atom. The molecule has 1 fully saturated rings. The minimum absolute atomic E-state index is 0.0183. The number of methoxy groups -OCH3 is 2. The second-order valence-electron chi connectivity index (χ2n) is 8.07. The van der Waals surface area contributed by atoms with Gasteiger partial charge < -0.3 is 24.6 Å². The third kappa shape index (κ3) is 3.94. The Kier molecular flexibility index (Phi) is 6.16. The Morgan fingerprint density at radius 2 is 1.81 bits per heavy atom. The highest BCUT2D eigenvalue weighted by atomic mass is 16.5. The lowest BCUT2D eigenvalue weighted by atomic mass is 10.0. The van der Waals surface area contributed by atoms with E-state index in [-0.39, 0.29) is 17.7 Å². The summed E-state index contributed by atoms with van der Waals surface area (Å²) in [6, 6.07) is 5.32. The molecule has 1 aromatic carbocycles. The van der Waals surface area contributed by atoms with E-state index in [0.717, 1.165) is 29.9 Å². The maximum Gasteiger partial charge on any atom is 0.261 e. The lowest BCUT2D eigenvalue weighted by molar-refractivity contribution is -0.129. The summed E-state index contributed by atoms with van der Waals surface area (Å²) < 4.78 is 10.8. The smallest absolute Gasteiger partial charge is 0.261 e. The van der Waals surface area contributed by atoms with Gasteiger partial charge in [0.2, 0.25) is 5.91 Å². The molecule has 1 aromatic heterocycles. The maximum atomic E-state index is 13.3. The summed E-state index contributed by atoms with van der Waals surface area (Å²) in [7, 11) is 4.94. The number of nitrogens with one attached hydrogen (secondary N) is 1. The molecule has 1 N–H and O–H groups in total. The van der Waals surface area contributed by atoms with E-state index in [1.807, 2.05) is 7.05 Å². The highest BCUT2D eigenvalue weighted by Crippen LogP contribution is 2.34. The zero-order valence-electron chi connectivity index (χ0n) is 19.0. The van der Waals surface area contributed by atoms with Crippen LogP contribution in [0.4, 0.5) is 5.82 Å². The van der Waals surface area contributed by atoms with E-state index >= 15 is 0 Å². The second kappa shape index (κ2) is 9.02. The van der Waals surface area contributed by atoms with Crippen LogP contribution in [0.25, 0.3) is 0 Å². The van der Waals surface area contributed by atoms with Crippen molar-refractivity contribution in [2.45, 2.75) is 32.2 Å². The average molecular weight is 440 g/mol. The molecule has 3 heterocycles. The number of nitrogens with zero attached hydrogens (tertiary/aromatic N) is 4. The second-order valence-corrected chi connectivity index (χ2v) is 8.07. The first-order valence-electron chi connectivity index (χ1n) is 10.8. The molecule has 0 radical (unpaired) electrons. The van der Waals surface area contributed by atoms with Gasteiger partial charge in [-0.25, -0.2) is 9.97 Å². The van der Waals surface area contributed by atoms with Gasteiger partial charge >= 0.3 is 0 Å². The van der Waals surface area contributed by atoms with E-state index in [1.165, 1.54) is 0 Å². The molecule has 0 bridgehead atoms. The van der Waals surface area contributed by atoms with E-state index in [4.69, 9.17) is 19.4 Å². The van der Waals surface area contributed by atoms with Crippen molar-refractivity contribution in [2.24, 2.45) is 0 Å². The van der Waals surface area contributed by atoms with Gasteiger partial charge in [0.05, 0.1) is 26.5 Å². The van der Waals surface area contributed by atoms with Gasteiger partial charge in [-0.2, -0.15) is 0 Å². The van der Waals surface area contributed by atoms with E-state index in [2.05, 4.69) is 5.32 Å². The first-order valence-corrected chi connectivity index (χ1v) is 10.8. The Labute approximate surface area is 187 Å². The summed E-state index contributed by atoms with van der Waals surface area (Å²) in [6.07, 6.45) is 1.50. The van der Waals surface area contributed by atoms with Crippen molar-refractivity contribution < 1.29 is 19.1 Å². The van der Waals surface area contributed by atoms with E-state index in [0.29, 0.717) is 49.1 Å². The fraction of sp³-hybridized carbons (Fsp3) is 0.478. The number of hydrogen-bond acceptors (Lipinski definition) is 7. The van der Waals surface area contributed by atoms with Gasteiger partial charge in [0.15, 0.2) is 0 Å². The van der Waals surface area contributed by atoms with Gasteiger partial charge in [-0.05, 0) is 25.0 Å². The Bertz CT molecular complexity index is 1020. The Balaban J connectivity index is 1.59. The molecule has 2 amide bonds. The molecular weight excluding hydrogens is 410 g/mol. The fourth-order valence-electron chi connectivity index (χ4n) is 4.48. The van der Waals surface area contributed by atoms with Crippen LogP contribution in [-0.2, 0) is 17.8 Å². The van der Waals surface area contributed by atoms with Crippen LogP contribution in [0.2, 0.25) is 0 Å². The van der Waals surface area contributed by atoms with Crippen LogP contribution < -0.4 is 14.8 Å². The number of carbonyl (C=O) groups excluding carboxylic acids is 2. The molecule has 1 atom stereocenters. The van der Waals surface area contributed by atoms with E-state index in [1.54, 1.807) is 49.1 Å². The quantitative estimate of drug-likeness (QED) is 0.762. The van der Waals surface area contributed by atoms with Crippen LogP contribution in [0.3, 0.4) is 0 Å². The van der Waals surface area contributed by atoms with E-state index in [9.17, 15) is 9.59 Å². The van der Waals surface area contributed by atoms with Crippen LogP contribution in [-0.4, -0.2) is 72.5 Å². The van der Waals surface area contributed by atoms with Crippen LogP contribution in [0, 0.1) is 0 Å². The summed E-state index contributed by atoms with van der Waals surface area (Å²) in [6.45, 7) is 3.85. The third-order valence-corrected chi connectivity index (χ3v) is 6.25.